The van der Waals surface area contributed by atoms with Gasteiger partial charge in [0, 0.05) is 44.4 Å². The van der Waals surface area contributed by atoms with E-state index < -0.39 is 77.2 Å². The SMILES string of the molecule is CC(C)OC(=O)[C@H](C)NP(=O)(CCN1C(=O)c2c(O)c(=O)c(C(=O)NCc3ccc(F)cc3F)cn2N(C)C12CCOC2)Oc1ccccc1. The molecule has 50 heavy (non-hydrogen) atoms. The topological polar surface area (TPSA) is 169 Å². The van der Waals surface area contributed by atoms with Crippen LogP contribution >= 0.6 is 7.52 Å². The van der Waals surface area contributed by atoms with Gasteiger partial charge in [-0.25, -0.2) is 13.9 Å². The van der Waals surface area contributed by atoms with Crippen LogP contribution < -0.4 is 25.4 Å². The van der Waals surface area contributed by atoms with E-state index in [9.17, 15) is 37.6 Å². The molecule has 3 N–H and O–H groups in total. The van der Waals surface area contributed by atoms with E-state index in [1.807, 2.05) is 0 Å². The Bertz CT molecular complexity index is 1880. The van der Waals surface area contributed by atoms with Crippen LogP contribution in [0.1, 0.15) is 53.6 Å². The maximum atomic E-state index is 14.4. The molecule has 3 heterocycles. The Kier molecular flexibility index (Phi) is 10.6. The number of carbonyl (C=O) groups excluding carboxylic acids is 3. The third kappa shape index (κ3) is 7.37. The average molecular weight is 718 g/mol. The Morgan fingerprint density at radius 2 is 1.84 bits per heavy atom. The van der Waals surface area contributed by atoms with Gasteiger partial charge in [0.2, 0.25) is 5.43 Å². The Balaban J connectivity index is 1.45. The van der Waals surface area contributed by atoms with Crippen molar-refractivity contribution in [3.63, 3.8) is 0 Å². The highest BCUT2D eigenvalue weighted by molar-refractivity contribution is 7.57. The smallest absolute Gasteiger partial charge is 0.323 e. The largest absolute Gasteiger partial charge is 0.502 e. The second kappa shape index (κ2) is 14.6. The van der Waals surface area contributed by atoms with Crippen molar-refractivity contribution >= 4 is 25.3 Å². The number of benzene rings is 2. The third-order valence-corrected chi connectivity index (χ3v) is 10.5. The fourth-order valence-corrected chi connectivity index (χ4v) is 7.73. The van der Waals surface area contributed by atoms with Gasteiger partial charge in [-0.2, -0.15) is 0 Å². The van der Waals surface area contributed by atoms with Crippen molar-refractivity contribution in [1.82, 2.24) is 20.0 Å². The van der Waals surface area contributed by atoms with Crippen molar-refractivity contribution in [3.05, 3.63) is 93.4 Å². The molecular weight excluding hydrogens is 679 g/mol. The van der Waals surface area contributed by atoms with Gasteiger partial charge in [-0.05, 0) is 39.0 Å². The molecule has 2 amide bonds. The molecule has 1 saturated heterocycles. The molecule has 3 atom stereocenters. The first kappa shape index (κ1) is 36.5. The minimum atomic E-state index is -3.97. The number of para-hydroxylation sites is 1. The zero-order valence-corrected chi connectivity index (χ0v) is 28.7. The number of hydrogen-bond donors (Lipinski definition) is 3. The highest BCUT2D eigenvalue weighted by Gasteiger charge is 2.53. The molecule has 5 rings (SSSR count). The molecule has 2 unspecified atom stereocenters. The van der Waals surface area contributed by atoms with Crippen LogP contribution in [0.15, 0.2) is 59.5 Å². The number of ether oxygens (including phenoxy) is 2. The summed E-state index contributed by atoms with van der Waals surface area (Å²) in [6, 6.07) is 10.0. The first-order chi connectivity index (χ1) is 23.7. The van der Waals surface area contributed by atoms with E-state index in [4.69, 9.17) is 14.0 Å². The maximum Gasteiger partial charge on any atom is 0.323 e. The number of carbonyl (C=O) groups is 3. The van der Waals surface area contributed by atoms with Gasteiger partial charge in [0.15, 0.2) is 17.1 Å². The number of fused-ring (bicyclic) bond motifs is 1. The predicted octanol–water partition coefficient (Wildman–Crippen LogP) is 3.10. The lowest BCUT2D eigenvalue weighted by Crippen LogP contribution is -2.70. The molecule has 14 nitrogen and oxygen atoms in total. The minimum Gasteiger partial charge on any atom is -0.502 e. The molecule has 0 radical (unpaired) electrons. The summed E-state index contributed by atoms with van der Waals surface area (Å²) >= 11 is 0. The summed E-state index contributed by atoms with van der Waals surface area (Å²) in [5, 5.41) is 17.8. The summed E-state index contributed by atoms with van der Waals surface area (Å²) in [4.78, 5) is 54.6. The van der Waals surface area contributed by atoms with E-state index in [0.29, 0.717) is 6.07 Å². The molecule has 2 aliphatic rings. The first-order valence-electron chi connectivity index (χ1n) is 15.8. The van der Waals surface area contributed by atoms with Crippen molar-refractivity contribution in [1.29, 1.82) is 0 Å². The van der Waals surface area contributed by atoms with E-state index >= 15 is 0 Å². The number of nitrogens with zero attached hydrogens (tertiary/aromatic N) is 3. The summed E-state index contributed by atoms with van der Waals surface area (Å²) < 4.78 is 59.9. The van der Waals surface area contributed by atoms with Crippen LogP contribution in [0.5, 0.6) is 11.5 Å². The number of hydrogen-bond acceptors (Lipinski definition) is 10. The zero-order valence-electron chi connectivity index (χ0n) is 27.9. The van der Waals surface area contributed by atoms with Crippen LogP contribution in [0.3, 0.4) is 0 Å². The second-order valence-electron chi connectivity index (χ2n) is 12.2. The Morgan fingerprint density at radius 1 is 1.12 bits per heavy atom. The lowest BCUT2D eigenvalue weighted by molar-refractivity contribution is -0.149. The average Bonchev–Trinajstić information content (AvgIpc) is 3.55. The quantitative estimate of drug-likeness (QED) is 0.186. The van der Waals surface area contributed by atoms with Gasteiger partial charge in [0.1, 0.15) is 29.0 Å². The van der Waals surface area contributed by atoms with Crippen molar-refractivity contribution < 1.29 is 46.8 Å². The van der Waals surface area contributed by atoms with E-state index in [1.165, 1.54) is 21.5 Å². The van der Waals surface area contributed by atoms with E-state index in [2.05, 4.69) is 10.4 Å². The fourth-order valence-electron chi connectivity index (χ4n) is 5.84. The molecule has 1 fully saturated rings. The second-order valence-corrected chi connectivity index (χ2v) is 14.5. The molecule has 1 spiro atoms. The number of aromatic nitrogens is 1. The van der Waals surface area contributed by atoms with E-state index in [0.717, 1.165) is 18.3 Å². The Hall–Kier alpha value is -4.79. The molecule has 2 aromatic carbocycles. The number of aromatic hydroxyl groups is 1. The van der Waals surface area contributed by atoms with Crippen molar-refractivity contribution in [2.45, 2.75) is 51.5 Å². The van der Waals surface area contributed by atoms with Gasteiger partial charge in [-0.1, -0.05) is 24.3 Å². The van der Waals surface area contributed by atoms with Gasteiger partial charge >= 0.3 is 13.5 Å². The number of rotatable bonds is 12. The van der Waals surface area contributed by atoms with Crippen LogP contribution in [-0.4, -0.2) is 83.2 Å². The first-order valence-corrected chi connectivity index (χ1v) is 17.6. The minimum absolute atomic E-state index is 0.0265. The Morgan fingerprint density at radius 3 is 2.48 bits per heavy atom. The van der Waals surface area contributed by atoms with Crippen molar-refractivity contribution in [3.8, 4) is 11.5 Å². The fraction of sp³-hybridized carbons (Fsp3) is 0.394. The number of amides is 2. The zero-order chi connectivity index (χ0) is 36.4. The summed E-state index contributed by atoms with van der Waals surface area (Å²) in [5.41, 5.74) is -3.43. The Labute approximate surface area is 286 Å². The molecule has 0 aliphatic carbocycles. The highest BCUT2D eigenvalue weighted by Crippen LogP contribution is 2.45. The van der Waals surface area contributed by atoms with Gasteiger partial charge < -0.3 is 29.3 Å². The van der Waals surface area contributed by atoms with Crippen LogP contribution in [0.2, 0.25) is 0 Å². The highest BCUT2D eigenvalue weighted by atomic mass is 31.2. The maximum absolute atomic E-state index is 14.4. The van der Waals surface area contributed by atoms with Crippen LogP contribution in [0.4, 0.5) is 8.78 Å². The number of pyridine rings is 1. The van der Waals surface area contributed by atoms with E-state index in [1.54, 1.807) is 51.2 Å². The summed E-state index contributed by atoms with van der Waals surface area (Å²) in [7, 11) is -2.40. The molecule has 1 aromatic heterocycles. The lowest BCUT2D eigenvalue weighted by Gasteiger charge is -2.52. The van der Waals surface area contributed by atoms with Crippen LogP contribution in [-0.2, 0) is 25.4 Å². The summed E-state index contributed by atoms with van der Waals surface area (Å²) in [5.74, 6) is -4.92. The van der Waals surface area contributed by atoms with Gasteiger partial charge in [0.25, 0.3) is 11.8 Å². The van der Waals surface area contributed by atoms with Gasteiger partial charge in [-0.15, -0.1) is 0 Å². The van der Waals surface area contributed by atoms with Gasteiger partial charge in [0.05, 0.1) is 25.5 Å². The van der Waals surface area contributed by atoms with Crippen LogP contribution in [0.25, 0.3) is 0 Å². The van der Waals surface area contributed by atoms with Gasteiger partial charge in [-0.3, -0.25) is 33.4 Å². The predicted molar refractivity (Wildman–Crippen MR) is 177 cm³/mol. The lowest BCUT2D eigenvalue weighted by atomic mass is 10.0. The number of likely N-dealkylation sites (N-methyl/N-ethyl adjacent to an activating group) is 1. The van der Waals surface area contributed by atoms with Crippen LogP contribution in [0, 0.1) is 11.6 Å². The molecule has 17 heteroatoms. The molecule has 2 aliphatic heterocycles. The standard InChI is InChI=1S/C33H38F2N5O9P/c1-20(2)48-32(45)21(3)37-50(46,49-24-8-6-5-7-9-24)15-13-39-31(44)27-29(42)28(41)25(18-40(27)38(4)33(39)12-14-47-19-33)30(43)36-17-22-10-11-23(34)16-26(22)35/h5-11,16,18,20-21,42H,12-15,17,19H2,1-4H3,(H,36,43)(H,37,46)/t21-,33?,50?/m0/s1. The number of nitrogens with one attached hydrogen (secondary N) is 2. The third-order valence-electron chi connectivity index (χ3n) is 8.43. The molecule has 268 valence electrons. The summed E-state index contributed by atoms with van der Waals surface area (Å²) in [6.07, 6.45) is 0.608. The van der Waals surface area contributed by atoms with E-state index in [-0.39, 0.29) is 50.2 Å². The number of halogens is 2. The number of esters is 1. The molecule has 0 saturated carbocycles. The normalized spacial score (nSPS) is 18.9. The van der Waals surface area contributed by atoms with Crippen molar-refractivity contribution in [2.75, 3.05) is 38.0 Å². The monoisotopic (exact) mass is 717 g/mol. The van der Waals surface area contributed by atoms with Crippen molar-refractivity contribution in [2.24, 2.45) is 0 Å². The summed E-state index contributed by atoms with van der Waals surface area (Å²) in [6.45, 7) is 4.39. The molecule has 3 aromatic rings. The molecule has 0 bridgehead atoms. The molecular formula is C33H38F2N5O9P.